The van der Waals surface area contributed by atoms with Gasteiger partial charge in [-0.15, -0.1) is 0 Å². The minimum Gasteiger partial charge on any atom is -0.452 e. The molecule has 0 radical (unpaired) electrons. The Morgan fingerprint density at radius 3 is 2.50 bits per heavy atom. The zero-order valence-corrected chi connectivity index (χ0v) is 20.0. The van der Waals surface area contributed by atoms with Gasteiger partial charge in [0, 0.05) is 18.8 Å². The summed E-state index contributed by atoms with van der Waals surface area (Å²) < 4.78 is 33.0. The second-order valence-electron chi connectivity index (χ2n) is 7.94. The third-order valence-corrected chi connectivity index (χ3v) is 7.82. The highest BCUT2D eigenvalue weighted by atomic mass is 35.5. The van der Waals surface area contributed by atoms with Crippen molar-refractivity contribution in [3.8, 4) is 0 Å². The number of fused-ring (bicyclic) bond motifs is 1. The van der Waals surface area contributed by atoms with Gasteiger partial charge in [-0.25, -0.2) is 13.2 Å². The topological polar surface area (TPSA) is 92.8 Å². The molecule has 1 aliphatic rings. The van der Waals surface area contributed by atoms with Gasteiger partial charge in [0.05, 0.1) is 15.5 Å². The second-order valence-corrected chi connectivity index (χ2v) is 10.3. The molecule has 3 aromatic carbocycles. The van der Waals surface area contributed by atoms with Crippen LogP contribution >= 0.6 is 11.6 Å². The van der Waals surface area contributed by atoms with Crippen molar-refractivity contribution in [2.24, 2.45) is 0 Å². The van der Waals surface area contributed by atoms with Gasteiger partial charge in [-0.2, -0.15) is 4.31 Å². The molecule has 0 atom stereocenters. The van der Waals surface area contributed by atoms with Gasteiger partial charge >= 0.3 is 5.97 Å². The number of sulfonamides is 1. The number of carbonyl (C=O) groups excluding carboxylic acids is 2. The molecule has 34 heavy (non-hydrogen) atoms. The third kappa shape index (κ3) is 5.14. The lowest BCUT2D eigenvalue weighted by atomic mass is 10.0. The summed E-state index contributed by atoms with van der Waals surface area (Å²) in [4.78, 5) is 24.7. The number of aryl methyl sites for hydroxylation is 1. The molecule has 4 rings (SSSR count). The Labute approximate surface area is 203 Å². The monoisotopic (exact) mass is 498 g/mol. The lowest BCUT2D eigenvalue weighted by Gasteiger charge is -2.28. The van der Waals surface area contributed by atoms with E-state index in [4.69, 9.17) is 16.3 Å². The van der Waals surface area contributed by atoms with Crippen LogP contribution in [-0.4, -0.2) is 37.8 Å². The molecule has 0 spiro atoms. The summed E-state index contributed by atoms with van der Waals surface area (Å²) in [6.07, 6.45) is 0.605. The molecule has 0 bridgehead atoms. The van der Waals surface area contributed by atoms with Gasteiger partial charge < -0.3 is 10.1 Å². The number of nitrogens with one attached hydrogen (secondary N) is 1. The van der Waals surface area contributed by atoms with Gasteiger partial charge in [0.2, 0.25) is 10.0 Å². The summed E-state index contributed by atoms with van der Waals surface area (Å²) in [5.41, 5.74) is 3.42. The quantitative estimate of drug-likeness (QED) is 0.514. The molecule has 0 saturated carbocycles. The number of benzene rings is 3. The Bertz CT molecular complexity index is 1360. The van der Waals surface area contributed by atoms with E-state index < -0.39 is 28.5 Å². The van der Waals surface area contributed by atoms with Crippen molar-refractivity contribution < 1.29 is 22.7 Å². The zero-order chi connectivity index (χ0) is 24.3. The van der Waals surface area contributed by atoms with E-state index in [0.29, 0.717) is 18.7 Å². The molecule has 9 heteroatoms. The average Bonchev–Trinajstić information content (AvgIpc) is 2.83. The number of carbonyl (C=O) groups is 2. The van der Waals surface area contributed by atoms with Crippen molar-refractivity contribution in [2.75, 3.05) is 18.5 Å². The first-order chi connectivity index (χ1) is 16.3. The van der Waals surface area contributed by atoms with Gasteiger partial charge in [-0.05, 0) is 54.3 Å². The minimum atomic E-state index is -3.87. The van der Waals surface area contributed by atoms with Gasteiger partial charge in [-0.1, -0.05) is 54.1 Å². The molecule has 1 N–H and O–H groups in total. The smallest absolute Gasteiger partial charge is 0.340 e. The van der Waals surface area contributed by atoms with Crippen molar-refractivity contribution >= 4 is 39.2 Å². The molecule has 0 fully saturated rings. The number of amides is 1. The van der Waals surface area contributed by atoms with E-state index in [1.165, 1.54) is 22.5 Å². The van der Waals surface area contributed by atoms with Gasteiger partial charge in [0.1, 0.15) is 0 Å². The lowest BCUT2D eigenvalue weighted by Crippen LogP contribution is -2.36. The van der Waals surface area contributed by atoms with E-state index in [2.05, 4.69) is 5.32 Å². The number of rotatable bonds is 6. The Morgan fingerprint density at radius 2 is 1.74 bits per heavy atom. The fourth-order valence-electron chi connectivity index (χ4n) is 3.75. The molecular weight excluding hydrogens is 476 g/mol. The van der Waals surface area contributed by atoms with Crippen molar-refractivity contribution in [1.82, 2.24) is 4.31 Å². The van der Waals surface area contributed by atoms with E-state index in [0.717, 1.165) is 16.7 Å². The predicted octanol–water partition coefficient (Wildman–Crippen LogP) is 4.19. The maximum absolute atomic E-state index is 13.3. The normalized spacial score (nSPS) is 13.7. The lowest BCUT2D eigenvalue weighted by molar-refractivity contribution is -0.119. The predicted molar refractivity (Wildman–Crippen MR) is 129 cm³/mol. The van der Waals surface area contributed by atoms with Crippen LogP contribution in [0.1, 0.15) is 27.0 Å². The Kier molecular flexibility index (Phi) is 7.02. The third-order valence-electron chi connectivity index (χ3n) is 5.64. The summed E-state index contributed by atoms with van der Waals surface area (Å²) in [7, 11) is -3.87. The van der Waals surface area contributed by atoms with Crippen LogP contribution in [0.15, 0.2) is 71.6 Å². The van der Waals surface area contributed by atoms with E-state index >= 15 is 0 Å². The van der Waals surface area contributed by atoms with Crippen LogP contribution in [0.2, 0.25) is 5.02 Å². The Balaban J connectivity index is 1.46. The first kappa shape index (κ1) is 23.9. The SMILES string of the molecule is Cc1ccccc1NC(=O)COC(=O)c1cc(S(=O)(=O)N2CCc3ccccc3C2)ccc1Cl. The number of nitrogens with zero attached hydrogens (tertiary/aromatic N) is 1. The van der Waals surface area contributed by atoms with E-state index in [-0.39, 0.29) is 22.0 Å². The largest absolute Gasteiger partial charge is 0.452 e. The summed E-state index contributed by atoms with van der Waals surface area (Å²) in [6, 6.07) is 18.8. The summed E-state index contributed by atoms with van der Waals surface area (Å²) in [6.45, 7) is 1.89. The highest BCUT2D eigenvalue weighted by Gasteiger charge is 2.29. The molecule has 1 heterocycles. The number of esters is 1. The fourth-order valence-corrected chi connectivity index (χ4v) is 5.39. The van der Waals surface area contributed by atoms with E-state index in [9.17, 15) is 18.0 Å². The van der Waals surface area contributed by atoms with Crippen LogP contribution < -0.4 is 5.32 Å². The molecule has 1 amide bonds. The second kappa shape index (κ2) is 9.97. The zero-order valence-electron chi connectivity index (χ0n) is 18.5. The molecule has 1 aliphatic heterocycles. The number of para-hydroxylation sites is 1. The minimum absolute atomic E-state index is 0.0345. The standard InChI is InChI=1S/C25H23ClN2O5S/c1-17-6-2-5-9-23(17)27-24(29)16-33-25(30)21-14-20(10-11-22(21)26)34(31,32)28-13-12-18-7-3-4-8-19(18)15-28/h2-11,14H,12-13,15-16H2,1H3,(H,27,29). The van der Waals surface area contributed by atoms with E-state index in [1.54, 1.807) is 12.1 Å². The maximum atomic E-state index is 13.3. The first-order valence-electron chi connectivity index (χ1n) is 10.6. The molecule has 176 valence electrons. The molecule has 0 aromatic heterocycles. The molecule has 3 aromatic rings. The maximum Gasteiger partial charge on any atom is 0.340 e. The number of halogens is 1. The van der Waals surface area contributed by atoms with E-state index in [1.807, 2.05) is 43.3 Å². The fraction of sp³-hybridized carbons (Fsp3) is 0.200. The number of ether oxygens (including phenoxy) is 1. The van der Waals surface area contributed by atoms with Crippen LogP contribution in [0.5, 0.6) is 0 Å². The number of hydrogen-bond donors (Lipinski definition) is 1. The number of hydrogen-bond acceptors (Lipinski definition) is 5. The van der Waals surface area contributed by atoms with Gasteiger partial charge in [0.15, 0.2) is 6.61 Å². The summed E-state index contributed by atoms with van der Waals surface area (Å²) in [5.74, 6) is -1.40. The van der Waals surface area contributed by atoms with Crippen molar-refractivity contribution in [3.05, 3.63) is 94.0 Å². The van der Waals surface area contributed by atoms with Crippen LogP contribution in [0.4, 0.5) is 5.69 Å². The molecule has 0 unspecified atom stereocenters. The van der Waals surface area contributed by atoms with Crippen molar-refractivity contribution in [1.29, 1.82) is 0 Å². The van der Waals surface area contributed by atoms with Crippen LogP contribution in [0, 0.1) is 6.92 Å². The summed E-state index contributed by atoms with van der Waals surface area (Å²) in [5, 5.41) is 2.70. The van der Waals surface area contributed by atoms with Crippen molar-refractivity contribution in [3.63, 3.8) is 0 Å². The molecule has 7 nitrogen and oxygen atoms in total. The first-order valence-corrected chi connectivity index (χ1v) is 12.5. The molecule has 0 saturated heterocycles. The van der Waals surface area contributed by atoms with Crippen LogP contribution in [-0.2, 0) is 32.5 Å². The van der Waals surface area contributed by atoms with Gasteiger partial charge in [-0.3, -0.25) is 4.79 Å². The van der Waals surface area contributed by atoms with Crippen LogP contribution in [0.3, 0.4) is 0 Å². The van der Waals surface area contributed by atoms with Crippen molar-refractivity contribution in [2.45, 2.75) is 24.8 Å². The summed E-state index contributed by atoms with van der Waals surface area (Å²) >= 11 is 6.15. The Morgan fingerprint density at radius 1 is 1.03 bits per heavy atom. The Hall–Kier alpha value is -3.20. The highest BCUT2D eigenvalue weighted by molar-refractivity contribution is 7.89. The molecule has 0 aliphatic carbocycles. The van der Waals surface area contributed by atoms with Gasteiger partial charge in [0.25, 0.3) is 5.91 Å². The number of anilines is 1. The van der Waals surface area contributed by atoms with Crippen LogP contribution in [0.25, 0.3) is 0 Å². The average molecular weight is 499 g/mol. The molecular formula is C25H23ClN2O5S. The highest BCUT2D eigenvalue weighted by Crippen LogP contribution is 2.28.